The Bertz CT molecular complexity index is 487. The molecule has 90 valence electrons. The summed E-state index contributed by atoms with van der Waals surface area (Å²) in [6.07, 6.45) is 0. The Morgan fingerprint density at radius 1 is 1.41 bits per heavy atom. The fraction of sp³-hybridized carbons (Fsp3) is 0.250. The zero-order valence-electron chi connectivity index (χ0n) is 9.43. The Balaban J connectivity index is 2.16. The molecule has 0 saturated heterocycles. The van der Waals surface area contributed by atoms with Gasteiger partial charge in [0, 0.05) is 11.9 Å². The molecule has 0 aliphatic rings. The number of rotatable bonds is 4. The average Bonchev–Trinajstić information content (AvgIpc) is 2.82. The van der Waals surface area contributed by atoms with Gasteiger partial charge >= 0.3 is 0 Å². The number of hydrogen-bond acceptors (Lipinski definition) is 4. The first-order chi connectivity index (χ1) is 8.20. The molecule has 5 heteroatoms. The zero-order chi connectivity index (χ0) is 12.3. The Kier molecular flexibility index (Phi) is 3.99. The Morgan fingerprint density at radius 3 is 2.88 bits per heavy atom. The lowest BCUT2D eigenvalue weighted by Crippen LogP contribution is -2.17. The second-order valence-corrected chi connectivity index (χ2v) is 5.13. The lowest BCUT2D eigenvalue weighted by Gasteiger charge is -2.18. The van der Waals surface area contributed by atoms with E-state index in [9.17, 15) is 0 Å². The minimum Gasteiger partial charge on any atom is -0.390 e. The molecule has 0 aliphatic carbocycles. The van der Waals surface area contributed by atoms with Gasteiger partial charge in [0.1, 0.15) is 5.82 Å². The molecule has 0 aromatic carbocycles. The maximum atomic E-state index is 9.12. The number of anilines is 1. The maximum absolute atomic E-state index is 9.12. The minimum absolute atomic E-state index is 0.139. The van der Waals surface area contributed by atoms with E-state index in [1.807, 2.05) is 24.1 Å². The van der Waals surface area contributed by atoms with Crippen LogP contribution in [0, 0.1) is 0 Å². The van der Waals surface area contributed by atoms with E-state index >= 15 is 0 Å². The standard InChI is InChI=1S/C12H13ClN2OS/c1-15(7-9-3-2-6-17-9)12-5-4-10(13)11(8-16)14-12/h2-6,16H,7-8H2,1H3. The van der Waals surface area contributed by atoms with Crippen LogP contribution in [0.5, 0.6) is 0 Å². The molecular weight excluding hydrogens is 256 g/mol. The predicted octanol–water partition coefficient (Wildman–Crippen LogP) is 2.93. The summed E-state index contributed by atoms with van der Waals surface area (Å²) in [7, 11) is 1.97. The molecule has 0 unspecified atom stereocenters. The van der Waals surface area contributed by atoms with Crippen LogP contribution in [-0.4, -0.2) is 17.1 Å². The van der Waals surface area contributed by atoms with Crippen LogP contribution in [0.4, 0.5) is 5.82 Å². The van der Waals surface area contributed by atoms with Gasteiger partial charge in [-0.25, -0.2) is 4.98 Å². The molecule has 17 heavy (non-hydrogen) atoms. The first-order valence-corrected chi connectivity index (χ1v) is 6.46. The van der Waals surface area contributed by atoms with Crippen molar-refractivity contribution in [3.05, 3.63) is 45.2 Å². The van der Waals surface area contributed by atoms with E-state index in [1.165, 1.54) is 4.88 Å². The largest absolute Gasteiger partial charge is 0.390 e. The molecule has 0 bridgehead atoms. The van der Waals surface area contributed by atoms with Gasteiger partial charge in [0.2, 0.25) is 0 Å². The van der Waals surface area contributed by atoms with E-state index in [4.69, 9.17) is 16.7 Å². The molecule has 0 radical (unpaired) electrons. The molecule has 0 spiro atoms. The van der Waals surface area contributed by atoms with Crippen molar-refractivity contribution in [2.75, 3.05) is 11.9 Å². The molecule has 1 N–H and O–H groups in total. The molecule has 2 aromatic rings. The summed E-state index contributed by atoms with van der Waals surface area (Å²) in [6, 6.07) is 7.74. The van der Waals surface area contributed by atoms with E-state index in [0.29, 0.717) is 10.7 Å². The summed E-state index contributed by atoms with van der Waals surface area (Å²) in [6.45, 7) is 0.663. The number of aliphatic hydroxyl groups is 1. The quantitative estimate of drug-likeness (QED) is 0.926. The maximum Gasteiger partial charge on any atom is 0.129 e. The van der Waals surface area contributed by atoms with E-state index in [-0.39, 0.29) is 6.61 Å². The van der Waals surface area contributed by atoms with E-state index in [1.54, 1.807) is 17.4 Å². The van der Waals surface area contributed by atoms with Crippen molar-refractivity contribution in [1.82, 2.24) is 4.98 Å². The van der Waals surface area contributed by atoms with Crippen molar-refractivity contribution in [1.29, 1.82) is 0 Å². The van der Waals surface area contributed by atoms with Crippen molar-refractivity contribution in [3.63, 3.8) is 0 Å². The second-order valence-electron chi connectivity index (χ2n) is 3.69. The van der Waals surface area contributed by atoms with E-state index < -0.39 is 0 Å². The molecule has 0 fully saturated rings. The Labute approximate surface area is 109 Å². The summed E-state index contributed by atoms with van der Waals surface area (Å²) in [4.78, 5) is 7.62. The SMILES string of the molecule is CN(Cc1cccs1)c1ccc(Cl)c(CO)n1. The van der Waals surface area contributed by atoms with Crippen molar-refractivity contribution < 1.29 is 5.11 Å². The predicted molar refractivity (Wildman–Crippen MR) is 71.6 cm³/mol. The number of thiophene rings is 1. The highest BCUT2D eigenvalue weighted by atomic mass is 35.5. The lowest BCUT2D eigenvalue weighted by atomic mass is 10.3. The fourth-order valence-corrected chi connectivity index (χ4v) is 2.44. The third kappa shape index (κ3) is 2.97. The third-order valence-corrected chi connectivity index (χ3v) is 3.62. The average molecular weight is 269 g/mol. The van der Waals surface area contributed by atoms with Crippen molar-refractivity contribution in [3.8, 4) is 0 Å². The summed E-state index contributed by atoms with van der Waals surface area (Å²) in [5, 5.41) is 11.7. The number of nitrogens with zero attached hydrogens (tertiary/aromatic N) is 2. The Morgan fingerprint density at radius 2 is 2.24 bits per heavy atom. The highest BCUT2D eigenvalue weighted by Gasteiger charge is 2.07. The molecule has 2 heterocycles. The number of halogens is 1. The van der Waals surface area contributed by atoms with E-state index in [2.05, 4.69) is 16.4 Å². The van der Waals surface area contributed by atoms with Gasteiger partial charge in [-0.05, 0) is 23.6 Å². The molecule has 3 nitrogen and oxygen atoms in total. The first kappa shape index (κ1) is 12.4. The second kappa shape index (κ2) is 5.49. The molecule has 2 aromatic heterocycles. The van der Waals surface area contributed by atoms with Gasteiger partial charge in [-0.15, -0.1) is 11.3 Å². The van der Waals surface area contributed by atoms with Crippen LogP contribution < -0.4 is 4.90 Å². The van der Waals surface area contributed by atoms with Gasteiger partial charge in [-0.2, -0.15) is 0 Å². The van der Waals surface area contributed by atoms with Crippen LogP contribution in [0.25, 0.3) is 0 Å². The van der Waals surface area contributed by atoms with Crippen LogP contribution >= 0.6 is 22.9 Å². The van der Waals surface area contributed by atoms with Crippen LogP contribution in [0.3, 0.4) is 0 Å². The monoisotopic (exact) mass is 268 g/mol. The van der Waals surface area contributed by atoms with Crippen molar-refractivity contribution in [2.24, 2.45) is 0 Å². The number of hydrogen-bond donors (Lipinski definition) is 1. The zero-order valence-corrected chi connectivity index (χ0v) is 11.0. The van der Waals surface area contributed by atoms with Gasteiger partial charge in [0.15, 0.2) is 0 Å². The van der Waals surface area contributed by atoms with Crippen molar-refractivity contribution >= 4 is 28.8 Å². The minimum atomic E-state index is -0.139. The normalized spacial score (nSPS) is 10.5. The summed E-state index contributed by atoms with van der Waals surface area (Å²) < 4.78 is 0. The Hall–Kier alpha value is -1.10. The third-order valence-electron chi connectivity index (χ3n) is 2.42. The molecule has 0 saturated carbocycles. The fourth-order valence-electron chi connectivity index (χ4n) is 1.51. The summed E-state index contributed by atoms with van der Waals surface area (Å²) >= 11 is 7.62. The molecular formula is C12H13ClN2OS. The van der Waals surface area contributed by atoms with Crippen LogP contribution in [0.1, 0.15) is 10.6 Å². The van der Waals surface area contributed by atoms with Gasteiger partial charge in [-0.1, -0.05) is 17.7 Å². The highest BCUT2D eigenvalue weighted by molar-refractivity contribution is 7.09. The van der Waals surface area contributed by atoms with Crippen LogP contribution in [-0.2, 0) is 13.2 Å². The number of aliphatic hydroxyl groups excluding tert-OH is 1. The lowest BCUT2D eigenvalue weighted by molar-refractivity contribution is 0.277. The van der Waals surface area contributed by atoms with Crippen LogP contribution in [0.2, 0.25) is 5.02 Å². The first-order valence-electron chi connectivity index (χ1n) is 5.20. The number of pyridine rings is 1. The van der Waals surface area contributed by atoms with Gasteiger partial charge in [-0.3, -0.25) is 0 Å². The molecule has 2 rings (SSSR count). The topological polar surface area (TPSA) is 36.4 Å². The molecule has 0 amide bonds. The highest BCUT2D eigenvalue weighted by Crippen LogP contribution is 2.20. The smallest absolute Gasteiger partial charge is 0.129 e. The number of aromatic nitrogens is 1. The van der Waals surface area contributed by atoms with Gasteiger partial charge in [0.05, 0.1) is 23.9 Å². The van der Waals surface area contributed by atoms with Crippen molar-refractivity contribution in [2.45, 2.75) is 13.2 Å². The molecule has 0 atom stereocenters. The van der Waals surface area contributed by atoms with E-state index in [0.717, 1.165) is 12.4 Å². The summed E-state index contributed by atoms with van der Waals surface area (Å²) in [5.41, 5.74) is 0.516. The molecule has 0 aliphatic heterocycles. The van der Waals surface area contributed by atoms with Gasteiger partial charge in [0.25, 0.3) is 0 Å². The summed E-state index contributed by atoms with van der Waals surface area (Å²) in [5.74, 6) is 0.812. The van der Waals surface area contributed by atoms with Gasteiger partial charge < -0.3 is 10.0 Å². The van der Waals surface area contributed by atoms with Crippen LogP contribution in [0.15, 0.2) is 29.6 Å².